The van der Waals surface area contributed by atoms with Crippen LogP contribution in [0.1, 0.15) is 18.1 Å². The van der Waals surface area contributed by atoms with Crippen molar-refractivity contribution in [2.24, 2.45) is 5.73 Å². The molecule has 0 heterocycles. The Morgan fingerprint density at radius 2 is 2.08 bits per heavy atom. The first kappa shape index (κ1) is 9.32. The van der Waals surface area contributed by atoms with Crippen molar-refractivity contribution in [2.45, 2.75) is 13.0 Å². The molecule has 0 aliphatic rings. The van der Waals surface area contributed by atoms with E-state index in [1.54, 1.807) is 12.1 Å². The zero-order chi connectivity index (χ0) is 9.68. The summed E-state index contributed by atoms with van der Waals surface area (Å²) in [6.07, 6.45) is 0. The maximum Gasteiger partial charge on any atom is 0.0992 e. The highest BCUT2D eigenvalue weighted by molar-refractivity contribution is 5.41. The van der Waals surface area contributed by atoms with Gasteiger partial charge >= 0.3 is 0 Å². The molecule has 0 aliphatic carbocycles. The molecule has 0 aromatic heterocycles. The molecule has 1 aromatic rings. The van der Waals surface area contributed by atoms with E-state index in [0.717, 1.165) is 5.56 Å². The first-order valence-corrected chi connectivity index (χ1v) is 3.99. The molecule has 1 unspecified atom stereocenters. The Morgan fingerprint density at radius 3 is 2.69 bits per heavy atom. The van der Waals surface area contributed by atoms with E-state index in [1.165, 1.54) is 0 Å². The van der Waals surface area contributed by atoms with Gasteiger partial charge in [0.25, 0.3) is 0 Å². The second kappa shape index (κ2) is 4.30. The smallest absolute Gasteiger partial charge is 0.0992 e. The van der Waals surface area contributed by atoms with Crippen molar-refractivity contribution >= 4 is 0 Å². The summed E-state index contributed by atoms with van der Waals surface area (Å²) in [6.45, 7) is 1.82. The molecule has 1 atom stereocenters. The summed E-state index contributed by atoms with van der Waals surface area (Å²) in [7, 11) is 0. The summed E-state index contributed by atoms with van der Waals surface area (Å²) in [5, 5.41) is 8.62. The molecule has 0 amide bonds. The van der Waals surface area contributed by atoms with E-state index in [1.807, 2.05) is 19.1 Å². The van der Waals surface area contributed by atoms with E-state index in [4.69, 9.17) is 11.0 Å². The predicted molar refractivity (Wildman–Crippen MR) is 51.7 cm³/mol. The van der Waals surface area contributed by atoms with Crippen LogP contribution in [-0.4, -0.2) is 6.04 Å². The topological polar surface area (TPSA) is 49.8 Å². The van der Waals surface area contributed by atoms with Crippen molar-refractivity contribution in [1.82, 2.24) is 0 Å². The summed E-state index contributed by atoms with van der Waals surface area (Å²) >= 11 is 0. The molecule has 0 radical (unpaired) electrons. The van der Waals surface area contributed by atoms with Crippen LogP contribution in [0.2, 0.25) is 0 Å². The second-order valence-electron chi connectivity index (χ2n) is 2.75. The number of hydrogen-bond acceptors (Lipinski definition) is 2. The van der Waals surface area contributed by atoms with E-state index >= 15 is 0 Å². The molecular formula is C11H10N2. The number of benzene rings is 1. The molecule has 0 saturated heterocycles. The van der Waals surface area contributed by atoms with Crippen LogP contribution in [0.4, 0.5) is 0 Å². The number of nitriles is 1. The molecule has 2 nitrogen and oxygen atoms in total. The van der Waals surface area contributed by atoms with Gasteiger partial charge in [-0.05, 0) is 25.1 Å². The first-order chi connectivity index (χ1) is 6.22. The summed E-state index contributed by atoms with van der Waals surface area (Å²) in [5.41, 5.74) is 6.92. The van der Waals surface area contributed by atoms with Gasteiger partial charge in [0.2, 0.25) is 0 Å². The number of nitrogens with two attached hydrogens (primary N) is 1. The Kier molecular flexibility index (Phi) is 3.09. The number of hydrogen-bond donors (Lipinski definition) is 1. The van der Waals surface area contributed by atoms with Crippen molar-refractivity contribution in [3.8, 4) is 17.9 Å². The molecule has 0 fully saturated rings. The van der Waals surface area contributed by atoms with Gasteiger partial charge in [-0.3, -0.25) is 0 Å². The highest BCUT2D eigenvalue weighted by Crippen LogP contribution is 2.01. The van der Waals surface area contributed by atoms with Gasteiger partial charge in [0, 0.05) is 5.56 Å². The fourth-order valence-corrected chi connectivity index (χ4v) is 0.864. The van der Waals surface area contributed by atoms with Gasteiger partial charge in [0.15, 0.2) is 0 Å². The average Bonchev–Trinajstić information content (AvgIpc) is 2.15. The van der Waals surface area contributed by atoms with Gasteiger partial charge < -0.3 is 5.73 Å². The predicted octanol–water partition coefficient (Wildman–Crippen LogP) is 1.26. The third-order valence-electron chi connectivity index (χ3n) is 1.44. The van der Waals surface area contributed by atoms with Crippen LogP contribution in [0.5, 0.6) is 0 Å². The lowest BCUT2D eigenvalue weighted by molar-refractivity contribution is 0.959. The lowest BCUT2D eigenvalue weighted by Crippen LogP contribution is -2.10. The van der Waals surface area contributed by atoms with Crippen LogP contribution in [0, 0.1) is 23.2 Å². The standard InChI is InChI=1S/C11H10N2/c1-9(13)5-6-10-3-2-4-11(7-10)8-12/h2-4,7,9H,13H2,1H3. The lowest BCUT2D eigenvalue weighted by atomic mass is 10.1. The zero-order valence-electron chi connectivity index (χ0n) is 7.41. The molecule has 1 rings (SSSR count). The van der Waals surface area contributed by atoms with E-state index in [9.17, 15) is 0 Å². The fraction of sp³-hybridized carbons (Fsp3) is 0.182. The number of nitrogens with zero attached hydrogens (tertiary/aromatic N) is 1. The Bertz CT molecular complexity index is 389. The van der Waals surface area contributed by atoms with Crippen molar-refractivity contribution in [3.63, 3.8) is 0 Å². The molecule has 0 bridgehead atoms. The molecule has 0 saturated carbocycles. The Morgan fingerprint density at radius 1 is 1.38 bits per heavy atom. The third-order valence-corrected chi connectivity index (χ3v) is 1.44. The Hall–Kier alpha value is -1.77. The van der Waals surface area contributed by atoms with Crippen LogP contribution in [0.25, 0.3) is 0 Å². The molecule has 64 valence electrons. The quantitative estimate of drug-likeness (QED) is 0.596. The normalized spacial score (nSPS) is 10.8. The fourth-order valence-electron chi connectivity index (χ4n) is 0.864. The van der Waals surface area contributed by atoms with E-state index in [2.05, 4.69) is 17.9 Å². The first-order valence-electron chi connectivity index (χ1n) is 3.99. The minimum Gasteiger partial charge on any atom is -0.318 e. The van der Waals surface area contributed by atoms with Crippen molar-refractivity contribution in [2.75, 3.05) is 0 Å². The molecule has 0 aliphatic heterocycles. The summed E-state index contributed by atoms with van der Waals surface area (Å²) in [4.78, 5) is 0. The highest BCUT2D eigenvalue weighted by atomic mass is 14.6. The SMILES string of the molecule is CC(N)C#Cc1cccc(C#N)c1. The minimum absolute atomic E-state index is 0.134. The van der Waals surface area contributed by atoms with Crippen molar-refractivity contribution in [1.29, 1.82) is 5.26 Å². The van der Waals surface area contributed by atoms with Crippen LogP contribution in [-0.2, 0) is 0 Å². The highest BCUT2D eigenvalue weighted by Gasteiger charge is 1.90. The van der Waals surface area contributed by atoms with Crippen molar-refractivity contribution in [3.05, 3.63) is 35.4 Å². The average molecular weight is 170 g/mol. The molecular weight excluding hydrogens is 160 g/mol. The van der Waals surface area contributed by atoms with Gasteiger partial charge in [0.1, 0.15) is 0 Å². The summed E-state index contributed by atoms with van der Waals surface area (Å²) in [6, 6.07) is 9.08. The van der Waals surface area contributed by atoms with Crippen LogP contribution in [0.15, 0.2) is 24.3 Å². The lowest BCUT2D eigenvalue weighted by Gasteiger charge is -1.91. The van der Waals surface area contributed by atoms with Crippen LogP contribution in [0.3, 0.4) is 0 Å². The number of rotatable bonds is 0. The Labute approximate surface area is 78.0 Å². The maximum absolute atomic E-state index is 8.62. The largest absolute Gasteiger partial charge is 0.318 e. The van der Waals surface area contributed by atoms with Crippen LogP contribution >= 0.6 is 0 Å². The van der Waals surface area contributed by atoms with E-state index in [0.29, 0.717) is 5.56 Å². The zero-order valence-corrected chi connectivity index (χ0v) is 7.41. The molecule has 0 spiro atoms. The van der Waals surface area contributed by atoms with Gasteiger partial charge in [-0.2, -0.15) is 5.26 Å². The van der Waals surface area contributed by atoms with Crippen LogP contribution < -0.4 is 5.73 Å². The molecule has 13 heavy (non-hydrogen) atoms. The van der Waals surface area contributed by atoms with Gasteiger partial charge in [-0.25, -0.2) is 0 Å². The Balaban J connectivity index is 2.93. The summed E-state index contributed by atoms with van der Waals surface area (Å²) in [5.74, 6) is 5.72. The molecule has 1 aromatic carbocycles. The van der Waals surface area contributed by atoms with Gasteiger partial charge in [-0.15, -0.1) is 0 Å². The summed E-state index contributed by atoms with van der Waals surface area (Å²) < 4.78 is 0. The second-order valence-corrected chi connectivity index (χ2v) is 2.75. The van der Waals surface area contributed by atoms with Gasteiger partial charge in [0.05, 0.1) is 17.7 Å². The maximum atomic E-state index is 8.62. The van der Waals surface area contributed by atoms with Gasteiger partial charge in [-0.1, -0.05) is 17.9 Å². The third kappa shape index (κ3) is 2.99. The molecule has 2 N–H and O–H groups in total. The van der Waals surface area contributed by atoms with E-state index in [-0.39, 0.29) is 6.04 Å². The monoisotopic (exact) mass is 170 g/mol. The van der Waals surface area contributed by atoms with E-state index < -0.39 is 0 Å². The minimum atomic E-state index is -0.134. The molecule has 2 heteroatoms. The van der Waals surface area contributed by atoms with Crippen molar-refractivity contribution < 1.29 is 0 Å².